The van der Waals surface area contributed by atoms with Crippen LogP contribution >= 0.6 is 0 Å². The zero-order valence-corrected chi connectivity index (χ0v) is 7.92. The summed E-state index contributed by atoms with van der Waals surface area (Å²) in [5, 5.41) is 8.88. The Kier molecular flexibility index (Phi) is 1.80. The molecule has 0 aromatic carbocycles. The van der Waals surface area contributed by atoms with Crippen molar-refractivity contribution < 1.29 is 4.79 Å². The first-order valence-corrected chi connectivity index (χ1v) is 4.92. The maximum atomic E-state index is 11.9. The second-order valence-corrected chi connectivity index (χ2v) is 4.18. The molecule has 70 valence electrons. The molecule has 2 fully saturated rings. The Bertz CT molecular complexity index is 275. The van der Waals surface area contributed by atoms with E-state index in [0.29, 0.717) is 6.04 Å². The molecule has 1 saturated heterocycles. The van der Waals surface area contributed by atoms with E-state index in [-0.39, 0.29) is 5.91 Å². The van der Waals surface area contributed by atoms with Crippen molar-refractivity contribution in [2.75, 3.05) is 6.54 Å². The lowest BCUT2D eigenvalue weighted by Gasteiger charge is -2.23. The topological polar surface area (TPSA) is 44.1 Å². The summed E-state index contributed by atoms with van der Waals surface area (Å²) < 4.78 is 0. The molecule has 0 bridgehead atoms. The normalized spacial score (nSPS) is 29.8. The van der Waals surface area contributed by atoms with Crippen LogP contribution in [0.4, 0.5) is 0 Å². The van der Waals surface area contributed by atoms with E-state index in [0.717, 1.165) is 32.2 Å². The van der Waals surface area contributed by atoms with Crippen molar-refractivity contribution in [2.24, 2.45) is 5.41 Å². The lowest BCUT2D eigenvalue weighted by molar-refractivity contribution is -0.135. The van der Waals surface area contributed by atoms with E-state index in [1.54, 1.807) is 0 Å². The SMILES string of the molecule is CC1CCCN1C(=O)C1(C#N)CC1. The first-order chi connectivity index (χ1) is 6.19. The highest BCUT2D eigenvalue weighted by Crippen LogP contribution is 2.47. The molecular weight excluding hydrogens is 164 g/mol. The molecule has 0 aromatic rings. The third-order valence-corrected chi connectivity index (χ3v) is 3.19. The van der Waals surface area contributed by atoms with Gasteiger partial charge in [-0.05, 0) is 32.6 Å². The summed E-state index contributed by atoms with van der Waals surface area (Å²) in [6.45, 7) is 2.92. The van der Waals surface area contributed by atoms with E-state index in [2.05, 4.69) is 13.0 Å². The summed E-state index contributed by atoms with van der Waals surface area (Å²) in [5.74, 6) is 0.0833. The van der Waals surface area contributed by atoms with Crippen LogP contribution in [0.3, 0.4) is 0 Å². The number of hydrogen-bond donors (Lipinski definition) is 0. The van der Waals surface area contributed by atoms with E-state index >= 15 is 0 Å². The highest BCUT2D eigenvalue weighted by molar-refractivity contribution is 5.88. The summed E-state index contributed by atoms with van der Waals surface area (Å²) in [6.07, 6.45) is 3.72. The summed E-state index contributed by atoms with van der Waals surface area (Å²) in [4.78, 5) is 13.8. The first kappa shape index (κ1) is 8.55. The molecule has 1 heterocycles. The van der Waals surface area contributed by atoms with Gasteiger partial charge in [0.2, 0.25) is 5.91 Å². The van der Waals surface area contributed by atoms with Gasteiger partial charge in [0, 0.05) is 12.6 Å². The molecule has 0 radical (unpaired) electrons. The monoisotopic (exact) mass is 178 g/mol. The zero-order valence-electron chi connectivity index (χ0n) is 7.92. The van der Waals surface area contributed by atoms with Crippen molar-refractivity contribution in [1.82, 2.24) is 4.90 Å². The minimum absolute atomic E-state index is 0.0833. The Morgan fingerprint density at radius 3 is 2.69 bits per heavy atom. The molecule has 1 aliphatic carbocycles. The number of carbonyl (C=O) groups excluding carboxylic acids is 1. The number of amides is 1. The number of likely N-dealkylation sites (tertiary alicyclic amines) is 1. The molecule has 0 N–H and O–H groups in total. The van der Waals surface area contributed by atoms with Gasteiger partial charge in [-0.25, -0.2) is 0 Å². The van der Waals surface area contributed by atoms with Crippen LogP contribution in [-0.4, -0.2) is 23.4 Å². The molecule has 13 heavy (non-hydrogen) atoms. The van der Waals surface area contributed by atoms with E-state index in [4.69, 9.17) is 5.26 Å². The molecule has 1 amide bonds. The van der Waals surface area contributed by atoms with Crippen molar-refractivity contribution in [3.05, 3.63) is 0 Å². The average molecular weight is 178 g/mol. The van der Waals surface area contributed by atoms with Gasteiger partial charge in [-0.15, -0.1) is 0 Å². The Morgan fingerprint density at radius 1 is 1.62 bits per heavy atom. The molecule has 1 atom stereocenters. The quantitative estimate of drug-likeness (QED) is 0.607. The zero-order chi connectivity index (χ0) is 9.47. The van der Waals surface area contributed by atoms with E-state index < -0.39 is 5.41 Å². The summed E-state index contributed by atoms with van der Waals surface area (Å²) in [6, 6.07) is 2.50. The van der Waals surface area contributed by atoms with Crippen LogP contribution in [0, 0.1) is 16.7 Å². The molecule has 0 aromatic heterocycles. The lowest BCUT2D eigenvalue weighted by atomic mass is 10.1. The molecule has 1 aliphatic heterocycles. The average Bonchev–Trinajstić information content (AvgIpc) is 2.83. The third kappa shape index (κ3) is 1.21. The largest absolute Gasteiger partial charge is 0.339 e. The van der Waals surface area contributed by atoms with Crippen LogP contribution in [-0.2, 0) is 4.79 Å². The lowest BCUT2D eigenvalue weighted by Crippen LogP contribution is -2.38. The smallest absolute Gasteiger partial charge is 0.243 e. The number of carbonyl (C=O) groups is 1. The standard InChI is InChI=1S/C10H14N2O/c1-8-3-2-6-12(8)9(13)10(7-11)4-5-10/h8H,2-6H2,1H3. The van der Waals surface area contributed by atoms with Gasteiger partial charge in [-0.2, -0.15) is 5.26 Å². The molecule has 3 heteroatoms. The van der Waals surface area contributed by atoms with E-state index in [1.807, 2.05) is 4.90 Å². The van der Waals surface area contributed by atoms with Gasteiger partial charge in [0.05, 0.1) is 6.07 Å². The number of nitriles is 1. The molecule has 2 aliphatic rings. The molecule has 3 nitrogen and oxygen atoms in total. The fraction of sp³-hybridized carbons (Fsp3) is 0.800. The fourth-order valence-electron chi connectivity index (χ4n) is 2.01. The van der Waals surface area contributed by atoms with Crippen LogP contribution in [0.1, 0.15) is 32.6 Å². The van der Waals surface area contributed by atoms with Crippen molar-refractivity contribution in [3.63, 3.8) is 0 Å². The minimum atomic E-state index is -0.612. The van der Waals surface area contributed by atoms with Crippen LogP contribution in [0.5, 0.6) is 0 Å². The van der Waals surface area contributed by atoms with Gasteiger partial charge in [-0.3, -0.25) is 4.79 Å². The summed E-state index contributed by atoms with van der Waals surface area (Å²) in [7, 11) is 0. The van der Waals surface area contributed by atoms with Crippen molar-refractivity contribution >= 4 is 5.91 Å². The third-order valence-electron chi connectivity index (χ3n) is 3.19. The summed E-state index contributed by atoms with van der Waals surface area (Å²) in [5.41, 5.74) is -0.612. The Balaban J connectivity index is 2.10. The van der Waals surface area contributed by atoms with Crippen molar-refractivity contribution in [2.45, 2.75) is 38.6 Å². The number of rotatable bonds is 1. The second kappa shape index (κ2) is 2.73. The number of nitrogens with zero attached hydrogens (tertiary/aromatic N) is 2. The minimum Gasteiger partial charge on any atom is -0.339 e. The van der Waals surface area contributed by atoms with E-state index in [9.17, 15) is 4.79 Å². The predicted octanol–water partition coefficient (Wildman–Crippen LogP) is 1.30. The van der Waals surface area contributed by atoms with Crippen LogP contribution in [0.15, 0.2) is 0 Å². The van der Waals surface area contributed by atoms with Crippen LogP contribution < -0.4 is 0 Å². The van der Waals surface area contributed by atoms with Gasteiger partial charge in [-0.1, -0.05) is 0 Å². The maximum absolute atomic E-state index is 11.9. The summed E-state index contributed by atoms with van der Waals surface area (Å²) >= 11 is 0. The van der Waals surface area contributed by atoms with Crippen molar-refractivity contribution in [1.29, 1.82) is 5.26 Å². The van der Waals surface area contributed by atoms with Crippen molar-refractivity contribution in [3.8, 4) is 6.07 Å². The van der Waals surface area contributed by atoms with Gasteiger partial charge < -0.3 is 4.90 Å². The van der Waals surface area contributed by atoms with Crippen LogP contribution in [0.2, 0.25) is 0 Å². The Hall–Kier alpha value is -1.04. The molecule has 0 spiro atoms. The molecule has 2 rings (SSSR count). The first-order valence-electron chi connectivity index (χ1n) is 4.92. The van der Waals surface area contributed by atoms with Gasteiger partial charge >= 0.3 is 0 Å². The van der Waals surface area contributed by atoms with Gasteiger partial charge in [0.15, 0.2) is 0 Å². The van der Waals surface area contributed by atoms with Gasteiger partial charge in [0.1, 0.15) is 5.41 Å². The molecular formula is C10H14N2O. The number of hydrogen-bond acceptors (Lipinski definition) is 2. The maximum Gasteiger partial charge on any atom is 0.243 e. The molecule has 1 unspecified atom stereocenters. The Morgan fingerprint density at radius 2 is 2.31 bits per heavy atom. The second-order valence-electron chi connectivity index (χ2n) is 4.18. The highest BCUT2D eigenvalue weighted by Gasteiger charge is 2.53. The van der Waals surface area contributed by atoms with Crippen LogP contribution in [0.25, 0.3) is 0 Å². The highest BCUT2D eigenvalue weighted by atomic mass is 16.2. The molecule has 1 saturated carbocycles. The predicted molar refractivity (Wildman–Crippen MR) is 47.7 cm³/mol. The van der Waals surface area contributed by atoms with E-state index in [1.165, 1.54) is 0 Å². The Labute approximate surface area is 78.3 Å². The van der Waals surface area contributed by atoms with Gasteiger partial charge in [0.25, 0.3) is 0 Å². The fourth-order valence-corrected chi connectivity index (χ4v) is 2.01.